The smallest absolute Gasteiger partial charge is 0.321 e. The Morgan fingerprint density at radius 1 is 1.17 bits per heavy atom. The average molecular weight is 429 g/mol. The van der Waals surface area contributed by atoms with Crippen LogP contribution in [0, 0.1) is 0 Å². The maximum atomic E-state index is 11.7. The van der Waals surface area contributed by atoms with Crippen LogP contribution in [0.3, 0.4) is 0 Å². The van der Waals surface area contributed by atoms with Crippen LogP contribution in [-0.2, 0) is 17.0 Å². The van der Waals surface area contributed by atoms with Crippen LogP contribution in [0.1, 0.15) is 17.8 Å². The molecule has 29 heavy (non-hydrogen) atoms. The van der Waals surface area contributed by atoms with E-state index >= 15 is 0 Å². The first-order valence-electron chi connectivity index (χ1n) is 8.91. The summed E-state index contributed by atoms with van der Waals surface area (Å²) in [6.07, 6.45) is 4.11. The zero-order valence-corrected chi connectivity index (χ0v) is 16.8. The average Bonchev–Trinajstić information content (AvgIpc) is 3.09. The van der Waals surface area contributed by atoms with Crippen molar-refractivity contribution in [2.45, 2.75) is 29.8 Å². The third-order valence-electron chi connectivity index (χ3n) is 4.32. The molecule has 3 heterocycles. The predicted octanol–water partition coefficient (Wildman–Crippen LogP) is 2.75. The van der Waals surface area contributed by atoms with Gasteiger partial charge < -0.3 is 5.32 Å². The van der Waals surface area contributed by atoms with E-state index < -0.39 is 6.03 Å². The second kappa shape index (κ2) is 8.62. The molecule has 0 saturated carbocycles. The molecule has 3 aromatic rings. The van der Waals surface area contributed by atoms with E-state index in [1.165, 1.54) is 11.8 Å². The molecule has 1 saturated heterocycles. The van der Waals surface area contributed by atoms with Gasteiger partial charge in [-0.1, -0.05) is 29.4 Å². The molecule has 10 heteroatoms. The van der Waals surface area contributed by atoms with Crippen molar-refractivity contribution in [1.29, 1.82) is 0 Å². The monoisotopic (exact) mass is 428 g/mol. The number of benzene rings is 1. The van der Waals surface area contributed by atoms with Gasteiger partial charge in [-0.2, -0.15) is 0 Å². The third-order valence-corrected chi connectivity index (χ3v) is 5.58. The number of thioether (sulfide) groups is 1. The topological polar surface area (TPSA) is 102 Å². The number of urea groups is 1. The summed E-state index contributed by atoms with van der Waals surface area (Å²) in [6, 6.07) is 10.4. The van der Waals surface area contributed by atoms with Crippen LogP contribution in [0.5, 0.6) is 0 Å². The Balaban J connectivity index is 1.62. The highest BCUT2D eigenvalue weighted by Gasteiger charge is 2.26. The number of pyridine rings is 1. The summed E-state index contributed by atoms with van der Waals surface area (Å²) in [5, 5.41) is 15.0. The number of imide groups is 1. The normalized spacial score (nSPS) is 16.4. The molecule has 148 valence electrons. The summed E-state index contributed by atoms with van der Waals surface area (Å²) in [7, 11) is 0. The van der Waals surface area contributed by atoms with Gasteiger partial charge in [0.2, 0.25) is 5.91 Å². The summed E-state index contributed by atoms with van der Waals surface area (Å²) < 4.78 is 1.93. The quantitative estimate of drug-likeness (QED) is 0.585. The van der Waals surface area contributed by atoms with Crippen LogP contribution in [0.2, 0.25) is 5.02 Å². The Morgan fingerprint density at radius 2 is 2.00 bits per heavy atom. The van der Waals surface area contributed by atoms with Crippen LogP contribution >= 0.6 is 23.4 Å². The highest BCUT2D eigenvalue weighted by molar-refractivity contribution is 7.98. The van der Waals surface area contributed by atoms with E-state index in [0.717, 1.165) is 11.3 Å². The number of nitrogens with one attached hydrogen (secondary N) is 2. The van der Waals surface area contributed by atoms with Crippen LogP contribution in [-0.4, -0.2) is 37.7 Å². The van der Waals surface area contributed by atoms with E-state index in [1.807, 2.05) is 35.0 Å². The van der Waals surface area contributed by atoms with Gasteiger partial charge in [0.15, 0.2) is 5.16 Å². The molecule has 0 radical (unpaired) electrons. The van der Waals surface area contributed by atoms with Crippen molar-refractivity contribution in [2.24, 2.45) is 0 Å². The lowest BCUT2D eigenvalue weighted by Gasteiger charge is -2.23. The Morgan fingerprint density at radius 3 is 2.72 bits per heavy atom. The van der Waals surface area contributed by atoms with E-state index in [2.05, 4.69) is 25.8 Å². The summed E-state index contributed by atoms with van der Waals surface area (Å²) >= 11 is 7.57. The van der Waals surface area contributed by atoms with Crippen molar-refractivity contribution >= 4 is 35.3 Å². The summed E-state index contributed by atoms with van der Waals surface area (Å²) in [5.41, 5.74) is 1.93. The number of amides is 3. The van der Waals surface area contributed by atoms with Gasteiger partial charge in [-0.3, -0.25) is 19.7 Å². The molecule has 1 fully saturated rings. The molecule has 4 rings (SSSR count). The first kappa shape index (κ1) is 19.4. The molecule has 1 atom stereocenters. The third kappa shape index (κ3) is 4.75. The highest BCUT2D eigenvalue weighted by atomic mass is 35.5. The van der Waals surface area contributed by atoms with Crippen molar-refractivity contribution in [3.8, 4) is 5.69 Å². The van der Waals surface area contributed by atoms with Gasteiger partial charge in [0, 0.05) is 47.7 Å². The first-order chi connectivity index (χ1) is 14.1. The second-order valence-corrected chi connectivity index (χ2v) is 7.87. The van der Waals surface area contributed by atoms with Crippen LogP contribution in [0.25, 0.3) is 5.69 Å². The number of halogens is 1. The maximum absolute atomic E-state index is 11.7. The predicted molar refractivity (Wildman–Crippen MR) is 109 cm³/mol. The lowest BCUT2D eigenvalue weighted by molar-refractivity contribution is -0.121. The Kier molecular flexibility index (Phi) is 5.77. The Labute approximate surface area is 176 Å². The fourth-order valence-electron chi connectivity index (χ4n) is 3.02. The van der Waals surface area contributed by atoms with Crippen LogP contribution in [0.4, 0.5) is 4.79 Å². The summed E-state index contributed by atoms with van der Waals surface area (Å²) in [4.78, 5) is 27.4. The van der Waals surface area contributed by atoms with Crippen LogP contribution in [0.15, 0.2) is 53.9 Å². The van der Waals surface area contributed by atoms with E-state index in [-0.39, 0.29) is 18.4 Å². The van der Waals surface area contributed by atoms with E-state index in [4.69, 9.17) is 11.6 Å². The molecule has 1 aliphatic rings. The zero-order chi connectivity index (χ0) is 20.2. The first-order valence-corrected chi connectivity index (χ1v) is 10.3. The fourth-order valence-corrected chi connectivity index (χ4v) is 4.06. The van der Waals surface area contributed by atoms with Gasteiger partial charge in [0.25, 0.3) is 0 Å². The molecule has 3 amide bonds. The van der Waals surface area contributed by atoms with Crippen molar-refractivity contribution in [1.82, 2.24) is 30.4 Å². The molecule has 1 unspecified atom stereocenters. The number of nitrogens with zero attached hydrogens (tertiary/aromatic N) is 4. The number of aromatic nitrogens is 4. The second-order valence-electron chi connectivity index (χ2n) is 6.49. The largest absolute Gasteiger partial charge is 0.334 e. The lowest BCUT2D eigenvalue weighted by atomic mass is 10.1. The van der Waals surface area contributed by atoms with Crippen molar-refractivity contribution in [2.75, 3.05) is 0 Å². The van der Waals surface area contributed by atoms with Crippen molar-refractivity contribution in [3.63, 3.8) is 0 Å². The highest BCUT2D eigenvalue weighted by Crippen LogP contribution is 2.26. The number of hydrogen-bond acceptors (Lipinski definition) is 6. The van der Waals surface area contributed by atoms with Gasteiger partial charge >= 0.3 is 6.03 Å². The molecule has 0 bridgehead atoms. The summed E-state index contributed by atoms with van der Waals surface area (Å²) in [5.74, 6) is 1.03. The number of hydrogen-bond donors (Lipinski definition) is 2. The van der Waals surface area contributed by atoms with Crippen molar-refractivity contribution < 1.29 is 9.59 Å². The van der Waals surface area contributed by atoms with Gasteiger partial charge in [0.1, 0.15) is 5.82 Å². The minimum atomic E-state index is -0.491. The van der Waals surface area contributed by atoms with Crippen molar-refractivity contribution in [3.05, 3.63) is 65.2 Å². The molecule has 2 aromatic heterocycles. The van der Waals surface area contributed by atoms with E-state index in [9.17, 15) is 9.59 Å². The van der Waals surface area contributed by atoms with Gasteiger partial charge in [-0.05, 0) is 35.9 Å². The molecule has 1 aromatic carbocycles. The number of carbonyl (C=O) groups is 2. The minimum Gasteiger partial charge on any atom is -0.334 e. The van der Waals surface area contributed by atoms with Gasteiger partial charge in [-0.15, -0.1) is 10.2 Å². The molecule has 0 aliphatic carbocycles. The maximum Gasteiger partial charge on any atom is 0.321 e. The van der Waals surface area contributed by atoms with E-state index in [1.54, 1.807) is 18.3 Å². The fraction of sp³-hybridized carbons (Fsp3) is 0.211. The van der Waals surface area contributed by atoms with Crippen LogP contribution < -0.4 is 10.6 Å². The van der Waals surface area contributed by atoms with Gasteiger partial charge in [-0.25, -0.2) is 4.79 Å². The Hall–Kier alpha value is -2.91. The molecular formula is C19H17ClN6O2S. The standard InChI is InChI=1S/C19H17ClN6O2S/c20-13-3-5-15(6-4-13)26-16(8-14-9-17(27)23-18(28)22-14)24-25-19(26)29-11-12-2-1-7-21-10-12/h1-7,10,14H,8-9,11H2,(H2,22,23,27,28). The molecule has 0 spiro atoms. The number of rotatable bonds is 6. The Bertz CT molecular complexity index is 1010. The number of carbonyl (C=O) groups excluding carboxylic acids is 2. The SMILES string of the molecule is O=C1CC(Cc2nnc(SCc3cccnc3)n2-c2ccc(Cl)cc2)NC(=O)N1. The molecule has 2 N–H and O–H groups in total. The van der Waals surface area contributed by atoms with Gasteiger partial charge in [0.05, 0.1) is 0 Å². The minimum absolute atomic E-state index is 0.192. The molecule has 8 nitrogen and oxygen atoms in total. The molecular weight excluding hydrogens is 412 g/mol. The lowest BCUT2D eigenvalue weighted by Crippen LogP contribution is -2.53. The zero-order valence-electron chi connectivity index (χ0n) is 15.2. The van der Waals surface area contributed by atoms with E-state index in [0.29, 0.717) is 28.2 Å². The summed E-state index contributed by atoms with van der Waals surface area (Å²) in [6.45, 7) is 0. The molecule has 1 aliphatic heterocycles.